The average Bonchev–Trinajstić information content (AvgIpc) is 2.36. The highest BCUT2D eigenvalue weighted by Gasteiger charge is 2.17. The molecule has 3 heteroatoms. The molecule has 0 fully saturated rings. The van der Waals surface area contributed by atoms with Gasteiger partial charge < -0.3 is 10.1 Å². The number of nitrogens with one attached hydrogen (secondary N) is 1. The summed E-state index contributed by atoms with van der Waals surface area (Å²) in [6, 6.07) is 6.28. The van der Waals surface area contributed by atoms with Crippen molar-refractivity contribution in [1.29, 1.82) is 0 Å². The van der Waals surface area contributed by atoms with E-state index < -0.39 is 0 Å². The highest BCUT2D eigenvalue weighted by Crippen LogP contribution is 2.22. The topological polar surface area (TPSA) is 38.3 Å². The molecule has 1 aromatic rings. The first-order valence-corrected chi connectivity index (χ1v) is 5.62. The Kier molecular flexibility index (Phi) is 3.25. The number of ether oxygens (including phenoxy) is 1. The maximum Gasteiger partial charge on any atom is 0.312 e. The highest BCUT2D eigenvalue weighted by molar-refractivity contribution is 5.77. The second-order valence-electron chi connectivity index (χ2n) is 4.20. The van der Waals surface area contributed by atoms with Crippen LogP contribution in [0.3, 0.4) is 0 Å². The average molecular weight is 219 g/mol. The second kappa shape index (κ2) is 4.66. The lowest BCUT2D eigenvalue weighted by atomic mass is 9.93. The Bertz CT molecular complexity index is 401. The monoisotopic (exact) mass is 219 g/mol. The minimum Gasteiger partial charge on any atom is -0.469 e. The summed E-state index contributed by atoms with van der Waals surface area (Å²) in [4.78, 5) is 11.4. The lowest BCUT2D eigenvalue weighted by Gasteiger charge is -2.19. The predicted molar refractivity (Wildman–Crippen MR) is 62.3 cm³/mol. The van der Waals surface area contributed by atoms with Gasteiger partial charge in [0.25, 0.3) is 0 Å². The number of carbonyl (C=O) groups is 1. The molecular weight excluding hydrogens is 202 g/mol. The van der Waals surface area contributed by atoms with E-state index >= 15 is 0 Å². The van der Waals surface area contributed by atoms with Gasteiger partial charge in [-0.05, 0) is 36.6 Å². The minimum absolute atomic E-state index is 0.177. The molecule has 0 radical (unpaired) electrons. The molecule has 0 aromatic heterocycles. The summed E-state index contributed by atoms with van der Waals surface area (Å²) in [5.41, 5.74) is 3.73. The van der Waals surface area contributed by atoms with E-state index in [4.69, 9.17) is 4.74 Å². The van der Waals surface area contributed by atoms with Crippen LogP contribution < -0.4 is 5.32 Å². The van der Waals surface area contributed by atoms with Gasteiger partial charge in [-0.3, -0.25) is 4.79 Å². The van der Waals surface area contributed by atoms with Crippen molar-refractivity contribution in [3.63, 3.8) is 0 Å². The largest absolute Gasteiger partial charge is 0.469 e. The van der Waals surface area contributed by atoms with Gasteiger partial charge in [0.2, 0.25) is 0 Å². The lowest BCUT2D eigenvalue weighted by Crippen LogP contribution is -2.24. The summed E-state index contributed by atoms with van der Waals surface area (Å²) in [6.07, 6.45) is 1.07. The summed E-state index contributed by atoms with van der Waals surface area (Å²) < 4.78 is 4.76. The van der Waals surface area contributed by atoms with Crippen LogP contribution in [0.15, 0.2) is 18.2 Å². The molecule has 3 nitrogen and oxygen atoms in total. The zero-order valence-corrected chi connectivity index (χ0v) is 9.75. The van der Waals surface area contributed by atoms with Crippen molar-refractivity contribution in [2.75, 3.05) is 13.7 Å². The molecule has 16 heavy (non-hydrogen) atoms. The fourth-order valence-corrected chi connectivity index (χ4v) is 2.08. The van der Waals surface area contributed by atoms with Gasteiger partial charge >= 0.3 is 5.97 Å². The zero-order valence-electron chi connectivity index (χ0n) is 9.75. The molecule has 86 valence electrons. The Labute approximate surface area is 95.8 Å². The Hall–Kier alpha value is -1.35. The van der Waals surface area contributed by atoms with Gasteiger partial charge in [0.1, 0.15) is 0 Å². The summed E-state index contributed by atoms with van der Waals surface area (Å²) >= 11 is 0. The molecule has 1 aliphatic rings. The number of carbonyl (C=O) groups excluding carboxylic acids is 1. The quantitative estimate of drug-likeness (QED) is 0.768. The van der Waals surface area contributed by atoms with Gasteiger partial charge in [-0.25, -0.2) is 0 Å². The number of benzene rings is 1. The van der Waals surface area contributed by atoms with Crippen LogP contribution in [0.1, 0.15) is 29.5 Å². The minimum atomic E-state index is -0.183. The van der Waals surface area contributed by atoms with Crippen LogP contribution in [0, 0.1) is 0 Å². The van der Waals surface area contributed by atoms with Crippen LogP contribution >= 0.6 is 0 Å². The van der Waals surface area contributed by atoms with Crippen LogP contribution in [0.2, 0.25) is 0 Å². The summed E-state index contributed by atoms with van der Waals surface area (Å²) in [5.74, 6) is -0.360. The summed E-state index contributed by atoms with van der Waals surface area (Å²) in [7, 11) is 1.43. The standard InChI is InChI=1S/C13H17NO2/c1-9(13(15)16-2)11-4-3-10-5-6-14-8-12(10)7-11/h3-4,7,9,14H,5-6,8H2,1-2H3. The fraction of sp³-hybridized carbons (Fsp3) is 0.462. The maximum absolute atomic E-state index is 11.4. The SMILES string of the molecule is COC(=O)C(C)c1ccc2c(c1)CNCC2. The molecule has 1 aromatic carbocycles. The number of fused-ring (bicyclic) bond motifs is 1. The predicted octanol–water partition coefficient (Wildman–Crippen LogP) is 1.61. The lowest BCUT2D eigenvalue weighted by molar-refractivity contribution is -0.141. The number of esters is 1. The van der Waals surface area contributed by atoms with E-state index in [1.54, 1.807) is 0 Å². The van der Waals surface area contributed by atoms with Gasteiger partial charge in [-0.15, -0.1) is 0 Å². The molecule has 1 atom stereocenters. The van der Waals surface area contributed by atoms with E-state index in [1.165, 1.54) is 18.2 Å². The molecule has 0 bridgehead atoms. The smallest absolute Gasteiger partial charge is 0.312 e. The molecule has 0 saturated carbocycles. The first kappa shape index (κ1) is 11.1. The molecule has 0 aliphatic carbocycles. The fourth-order valence-electron chi connectivity index (χ4n) is 2.08. The molecule has 0 spiro atoms. The van der Waals surface area contributed by atoms with Crippen molar-refractivity contribution >= 4 is 5.97 Å². The maximum atomic E-state index is 11.4. The van der Waals surface area contributed by atoms with E-state index in [9.17, 15) is 4.79 Å². The van der Waals surface area contributed by atoms with Crippen LogP contribution in [-0.4, -0.2) is 19.6 Å². The van der Waals surface area contributed by atoms with E-state index in [0.717, 1.165) is 25.1 Å². The highest BCUT2D eigenvalue weighted by atomic mass is 16.5. The van der Waals surface area contributed by atoms with Crippen LogP contribution in [0.5, 0.6) is 0 Å². The molecule has 1 aliphatic heterocycles. The van der Waals surface area contributed by atoms with E-state index in [-0.39, 0.29) is 11.9 Å². The Morgan fingerprint density at radius 3 is 3.00 bits per heavy atom. The van der Waals surface area contributed by atoms with Gasteiger partial charge in [-0.1, -0.05) is 18.2 Å². The first-order chi connectivity index (χ1) is 7.72. The molecule has 1 unspecified atom stereocenters. The summed E-state index contributed by atoms with van der Waals surface area (Å²) in [6.45, 7) is 3.82. The normalized spacial score (nSPS) is 16.4. The van der Waals surface area contributed by atoms with Crippen molar-refractivity contribution in [3.05, 3.63) is 34.9 Å². The number of hydrogen-bond donors (Lipinski definition) is 1. The van der Waals surface area contributed by atoms with Crippen molar-refractivity contribution < 1.29 is 9.53 Å². The molecule has 0 amide bonds. The van der Waals surface area contributed by atoms with Gasteiger partial charge in [0, 0.05) is 6.54 Å². The Morgan fingerprint density at radius 2 is 2.25 bits per heavy atom. The zero-order chi connectivity index (χ0) is 11.5. The molecule has 1 N–H and O–H groups in total. The van der Waals surface area contributed by atoms with Crippen LogP contribution in [0.4, 0.5) is 0 Å². The Morgan fingerprint density at radius 1 is 1.44 bits per heavy atom. The third-order valence-corrected chi connectivity index (χ3v) is 3.17. The third-order valence-electron chi connectivity index (χ3n) is 3.17. The molecule has 2 rings (SSSR count). The van der Waals surface area contributed by atoms with Crippen LogP contribution in [0.25, 0.3) is 0 Å². The number of methoxy groups -OCH3 is 1. The molecule has 0 saturated heterocycles. The van der Waals surface area contributed by atoms with E-state index in [0.29, 0.717) is 0 Å². The van der Waals surface area contributed by atoms with Crippen molar-refractivity contribution in [3.8, 4) is 0 Å². The van der Waals surface area contributed by atoms with E-state index in [1.807, 2.05) is 13.0 Å². The first-order valence-electron chi connectivity index (χ1n) is 5.62. The third kappa shape index (κ3) is 2.09. The Balaban J connectivity index is 2.26. The van der Waals surface area contributed by atoms with E-state index in [2.05, 4.69) is 17.4 Å². The molecule has 1 heterocycles. The molecular formula is C13H17NO2. The second-order valence-corrected chi connectivity index (χ2v) is 4.20. The van der Waals surface area contributed by atoms with Crippen molar-refractivity contribution in [1.82, 2.24) is 5.32 Å². The van der Waals surface area contributed by atoms with Crippen molar-refractivity contribution in [2.45, 2.75) is 25.8 Å². The van der Waals surface area contributed by atoms with Gasteiger partial charge in [-0.2, -0.15) is 0 Å². The number of rotatable bonds is 2. The van der Waals surface area contributed by atoms with Gasteiger partial charge in [0.05, 0.1) is 13.0 Å². The van der Waals surface area contributed by atoms with Crippen LogP contribution in [-0.2, 0) is 22.5 Å². The van der Waals surface area contributed by atoms with Crippen molar-refractivity contribution in [2.24, 2.45) is 0 Å². The summed E-state index contributed by atoms with van der Waals surface area (Å²) in [5, 5.41) is 3.33. The number of hydrogen-bond acceptors (Lipinski definition) is 3. The van der Waals surface area contributed by atoms with Gasteiger partial charge in [0.15, 0.2) is 0 Å².